The number of urea groups is 1. The topological polar surface area (TPSA) is 92.5 Å². The van der Waals surface area contributed by atoms with E-state index in [-0.39, 0.29) is 6.54 Å². The van der Waals surface area contributed by atoms with E-state index in [1.165, 1.54) is 6.20 Å². The average Bonchev–Trinajstić information content (AvgIpc) is 2.96. The van der Waals surface area contributed by atoms with Crippen molar-refractivity contribution < 1.29 is 18.9 Å². The van der Waals surface area contributed by atoms with Crippen LogP contribution in [0.3, 0.4) is 0 Å². The van der Waals surface area contributed by atoms with Crippen LogP contribution >= 0.6 is 0 Å². The molecule has 1 aromatic heterocycles. The number of barbiturate groups is 1. The van der Waals surface area contributed by atoms with Gasteiger partial charge in [0.2, 0.25) is 11.8 Å². The summed E-state index contributed by atoms with van der Waals surface area (Å²) in [6, 6.07) is 0.900. The molecule has 3 rings (SSSR count). The molecule has 1 N–H and O–H groups in total. The van der Waals surface area contributed by atoms with Crippen molar-refractivity contribution in [2.45, 2.75) is 38.6 Å². The first-order valence-corrected chi connectivity index (χ1v) is 6.70. The zero-order valence-electron chi connectivity index (χ0n) is 10.9. The third kappa shape index (κ3) is 1.90. The van der Waals surface area contributed by atoms with Gasteiger partial charge in [-0.3, -0.25) is 19.8 Å². The Balaban J connectivity index is 1.88. The van der Waals surface area contributed by atoms with Crippen molar-refractivity contribution in [2.75, 3.05) is 0 Å². The molecule has 0 bridgehead atoms. The highest BCUT2D eigenvalue weighted by molar-refractivity contribution is 6.19. The number of carbonyl (C=O) groups is 3. The Morgan fingerprint density at radius 3 is 2.65 bits per heavy atom. The fourth-order valence-electron chi connectivity index (χ4n) is 2.95. The molecule has 7 nitrogen and oxygen atoms in total. The lowest BCUT2D eigenvalue weighted by Gasteiger charge is -2.40. The van der Waals surface area contributed by atoms with Gasteiger partial charge in [0, 0.05) is 6.07 Å². The second kappa shape index (κ2) is 4.73. The number of rotatable bonds is 2. The summed E-state index contributed by atoms with van der Waals surface area (Å²) in [5.74, 6) is -0.461. The maximum Gasteiger partial charge on any atom is 0.331 e. The van der Waals surface area contributed by atoms with Gasteiger partial charge in [0.1, 0.15) is 5.41 Å². The fourth-order valence-corrected chi connectivity index (χ4v) is 2.95. The highest BCUT2D eigenvalue weighted by atomic mass is 16.5. The van der Waals surface area contributed by atoms with Crippen LogP contribution < -0.4 is 5.32 Å². The van der Waals surface area contributed by atoms with E-state index in [2.05, 4.69) is 10.5 Å². The summed E-state index contributed by atoms with van der Waals surface area (Å²) in [4.78, 5) is 37.7. The molecule has 1 aliphatic carbocycles. The first kappa shape index (κ1) is 12.8. The summed E-state index contributed by atoms with van der Waals surface area (Å²) in [6.07, 6.45) is 5.10. The Labute approximate surface area is 115 Å². The number of imide groups is 2. The van der Waals surface area contributed by atoms with Crippen LogP contribution in [0.2, 0.25) is 0 Å². The van der Waals surface area contributed by atoms with Crippen molar-refractivity contribution in [1.29, 1.82) is 0 Å². The SMILES string of the molecule is O=C1NC(=O)C2(CCCCC2)C(=O)N1Cc1ccno1. The third-order valence-corrected chi connectivity index (χ3v) is 4.07. The van der Waals surface area contributed by atoms with Crippen LogP contribution in [0.4, 0.5) is 4.79 Å². The van der Waals surface area contributed by atoms with Crippen LogP contribution in [0.1, 0.15) is 37.9 Å². The van der Waals surface area contributed by atoms with E-state index in [0.717, 1.165) is 24.2 Å². The summed E-state index contributed by atoms with van der Waals surface area (Å²) in [7, 11) is 0. The van der Waals surface area contributed by atoms with E-state index in [9.17, 15) is 14.4 Å². The summed E-state index contributed by atoms with van der Waals surface area (Å²) in [5, 5.41) is 5.84. The Kier molecular flexibility index (Phi) is 3.04. The minimum absolute atomic E-state index is 0.000301. The molecule has 0 atom stereocenters. The lowest BCUT2D eigenvalue weighted by molar-refractivity contribution is -0.154. The van der Waals surface area contributed by atoms with Crippen LogP contribution in [0.5, 0.6) is 0 Å². The molecule has 0 unspecified atom stereocenters. The molecule has 2 aliphatic rings. The molecule has 1 saturated heterocycles. The quantitative estimate of drug-likeness (QED) is 0.820. The smallest absolute Gasteiger partial charge is 0.331 e. The van der Waals surface area contributed by atoms with Crippen molar-refractivity contribution in [1.82, 2.24) is 15.4 Å². The molecule has 0 aromatic carbocycles. The summed E-state index contributed by atoms with van der Waals surface area (Å²) in [6.45, 7) is -0.000301. The molecule has 0 radical (unpaired) electrons. The van der Waals surface area contributed by atoms with Gasteiger partial charge in [-0.15, -0.1) is 0 Å². The third-order valence-electron chi connectivity index (χ3n) is 4.07. The maximum atomic E-state index is 12.6. The van der Waals surface area contributed by atoms with Crippen LogP contribution in [0, 0.1) is 5.41 Å². The Hall–Kier alpha value is -2.18. The number of carbonyl (C=O) groups excluding carboxylic acids is 3. The lowest BCUT2D eigenvalue weighted by Crippen LogP contribution is -2.63. The summed E-state index contributed by atoms with van der Waals surface area (Å²) < 4.78 is 4.93. The normalized spacial score (nSPS) is 22.2. The molecule has 1 spiro atoms. The molecule has 1 aliphatic heterocycles. The van der Waals surface area contributed by atoms with Crippen molar-refractivity contribution >= 4 is 17.8 Å². The first-order chi connectivity index (χ1) is 9.63. The number of amides is 4. The van der Waals surface area contributed by atoms with Gasteiger partial charge in [-0.05, 0) is 12.8 Å². The lowest BCUT2D eigenvalue weighted by atomic mass is 9.71. The predicted molar refractivity (Wildman–Crippen MR) is 66.1 cm³/mol. The molecular weight excluding hydrogens is 262 g/mol. The van der Waals surface area contributed by atoms with Crippen molar-refractivity contribution in [3.63, 3.8) is 0 Å². The van der Waals surface area contributed by atoms with Gasteiger partial charge in [0.05, 0.1) is 12.7 Å². The molecule has 1 aromatic rings. The van der Waals surface area contributed by atoms with Gasteiger partial charge in [-0.25, -0.2) is 4.79 Å². The van der Waals surface area contributed by atoms with Crippen LogP contribution in [0.25, 0.3) is 0 Å². The molecular formula is C13H15N3O4. The van der Waals surface area contributed by atoms with Crippen molar-refractivity contribution in [2.24, 2.45) is 5.41 Å². The molecule has 7 heteroatoms. The molecule has 4 amide bonds. The molecule has 2 heterocycles. The van der Waals surface area contributed by atoms with Gasteiger partial charge in [0.15, 0.2) is 5.76 Å². The van der Waals surface area contributed by atoms with Crippen LogP contribution in [-0.4, -0.2) is 27.9 Å². The minimum atomic E-state index is -1.08. The fraction of sp³-hybridized carbons (Fsp3) is 0.538. The van der Waals surface area contributed by atoms with E-state index in [1.54, 1.807) is 6.07 Å². The van der Waals surface area contributed by atoms with E-state index in [1.807, 2.05) is 0 Å². The van der Waals surface area contributed by atoms with Gasteiger partial charge in [-0.2, -0.15) is 0 Å². The van der Waals surface area contributed by atoms with Crippen molar-refractivity contribution in [3.05, 3.63) is 18.0 Å². The summed E-state index contributed by atoms with van der Waals surface area (Å²) in [5.41, 5.74) is -1.08. The highest BCUT2D eigenvalue weighted by Crippen LogP contribution is 2.40. The van der Waals surface area contributed by atoms with Gasteiger partial charge in [-0.1, -0.05) is 24.4 Å². The largest absolute Gasteiger partial charge is 0.359 e. The molecule has 2 fully saturated rings. The Bertz CT molecular complexity index is 546. The first-order valence-electron chi connectivity index (χ1n) is 6.70. The monoisotopic (exact) mass is 277 g/mol. The van der Waals surface area contributed by atoms with Crippen LogP contribution in [-0.2, 0) is 16.1 Å². The van der Waals surface area contributed by atoms with Gasteiger partial charge in [0.25, 0.3) is 0 Å². The van der Waals surface area contributed by atoms with E-state index in [0.29, 0.717) is 18.6 Å². The second-order valence-electron chi connectivity index (χ2n) is 5.27. The standard InChI is InChI=1S/C13H15N3O4/c17-10-13(5-2-1-3-6-13)11(18)16(12(19)15-10)8-9-4-7-14-20-9/h4,7H,1-3,5-6,8H2,(H,15,17,19). The highest BCUT2D eigenvalue weighted by Gasteiger charge is 2.53. The number of nitrogens with one attached hydrogen (secondary N) is 1. The molecule has 1 saturated carbocycles. The van der Waals surface area contributed by atoms with Crippen LogP contribution in [0.15, 0.2) is 16.8 Å². The molecule has 106 valence electrons. The Morgan fingerprint density at radius 1 is 1.25 bits per heavy atom. The van der Waals surface area contributed by atoms with E-state index in [4.69, 9.17) is 4.52 Å². The number of nitrogens with zero attached hydrogens (tertiary/aromatic N) is 2. The second-order valence-corrected chi connectivity index (χ2v) is 5.27. The maximum absolute atomic E-state index is 12.6. The van der Waals surface area contributed by atoms with Gasteiger partial charge < -0.3 is 4.52 Å². The average molecular weight is 277 g/mol. The van der Waals surface area contributed by atoms with Crippen molar-refractivity contribution in [3.8, 4) is 0 Å². The summed E-state index contributed by atoms with van der Waals surface area (Å²) >= 11 is 0. The Morgan fingerprint density at radius 2 is 2.00 bits per heavy atom. The molecule has 20 heavy (non-hydrogen) atoms. The van der Waals surface area contributed by atoms with E-state index >= 15 is 0 Å². The minimum Gasteiger partial charge on any atom is -0.359 e. The predicted octanol–water partition coefficient (Wildman–Crippen LogP) is 1.20. The number of hydrogen-bond acceptors (Lipinski definition) is 5. The van der Waals surface area contributed by atoms with E-state index < -0.39 is 23.3 Å². The van der Waals surface area contributed by atoms with Gasteiger partial charge >= 0.3 is 6.03 Å². The number of hydrogen-bond donors (Lipinski definition) is 1. The zero-order chi connectivity index (χ0) is 14.2. The number of aromatic nitrogens is 1. The zero-order valence-corrected chi connectivity index (χ0v) is 10.9.